The molecule has 2 rings (SSSR count). The van der Waals surface area contributed by atoms with Gasteiger partial charge >= 0.3 is 5.97 Å². The van der Waals surface area contributed by atoms with Crippen molar-refractivity contribution in [3.8, 4) is 0 Å². The molecule has 0 aliphatic heterocycles. The summed E-state index contributed by atoms with van der Waals surface area (Å²) < 4.78 is 5.18. The lowest BCUT2D eigenvalue weighted by Gasteiger charge is -2.07. The maximum atomic E-state index is 12.4. The van der Waals surface area contributed by atoms with E-state index >= 15 is 0 Å². The average Bonchev–Trinajstić information content (AvgIpc) is 2.99. The van der Waals surface area contributed by atoms with Gasteiger partial charge in [0, 0.05) is 0 Å². The maximum absolute atomic E-state index is 12.4. The lowest BCUT2D eigenvalue weighted by atomic mass is 10.1. The predicted octanol–water partition coefficient (Wildman–Crippen LogP) is 1.81. The minimum absolute atomic E-state index is 0.0939. The van der Waals surface area contributed by atoms with E-state index in [4.69, 9.17) is 5.11 Å². The Hall–Kier alpha value is -2.29. The lowest BCUT2D eigenvalue weighted by Crippen LogP contribution is -2.15. The number of amides is 1. The summed E-state index contributed by atoms with van der Waals surface area (Å²) >= 11 is 1.04. The molecule has 0 saturated heterocycles. The Labute approximate surface area is 131 Å². The molecule has 2 heterocycles. The fourth-order valence-corrected chi connectivity index (χ4v) is 2.78. The van der Waals surface area contributed by atoms with Gasteiger partial charge in [0.2, 0.25) is 0 Å². The summed E-state index contributed by atoms with van der Waals surface area (Å²) in [4.78, 5) is 23.7. The summed E-state index contributed by atoms with van der Waals surface area (Å²) in [6.45, 7) is 7.06. The zero-order valence-electron chi connectivity index (χ0n) is 12.7. The summed E-state index contributed by atoms with van der Waals surface area (Å²) in [7, 11) is 0. The van der Waals surface area contributed by atoms with Crippen LogP contribution >= 0.6 is 11.5 Å². The molecule has 1 amide bonds. The van der Waals surface area contributed by atoms with Gasteiger partial charge in [0.1, 0.15) is 11.4 Å². The van der Waals surface area contributed by atoms with Crippen LogP contribution in [0.2, 0.25) is 0 Å². The third-order valence-electron chi connectivity index (χ3n) is 3.17. The van der Waals surface area contributed by atoms with Crippen molar-refractivity contribution in [1.29, 1.82) is 0 Å². The van der Waals surface area contributed by atoms with Crippen LogP contribution in [0.4, 0.5) is 5.69 Å². The van der Waals surface area contributed by atoms with E-state index in [1.165, 1.54) is 4.68 Å². The van der Waals surface area contributed by atoms with Crippen LogP contribution in [0.15, 0.2) is 0 Å². The smallest absolute Gasteiger partial charge is 0.325 e. The molecule has 0 aliphatic carbocycles. The van der Waals surface area contributed by atoms with E-state index in [-0.39, 0.29) is 18.4 Å². The Morgan fingerprint density at radius 2 is 2.05 bits per heavy atom. The number of anilines is 1. The highest BCUT2D eigenvalue weighted by Gasteiger charge is 2.22. The number of nitrogens with one attached hydrogen (secondary N) is 1. The molecule has 0 fully saturated rings. The highest BCUT2D eigenvalue weighted by Crippen LogP contribution is 2.24. The topological polar surface area (TPSA) is 110 Å². The van der Waals surface area contributed by atoms with Crippen molar-refractivity contribution in [3.63, 3.8) is 0 Å². The summed E-state index contributed by atoms with van der Waals surface area (Å²) in [5.74, 6) is -1.20. The van der Waals surface area contributed by atoms with Crippen molar-refractivity contribution in [3.05, 3.63) is 22.0 Å². The first-order valence-corrected chi connectivity index (χ1v) is 7.48. The fraction of sp³-hybridized carbons (Fsp3) is 0.462. The SMILES string of the molecule is Cc1nn(CC(=O)O)c(C)c1NC(=O)c1snnc1C(C)C. The number of carbonyl (C=O) groups excluding carboxylic acids is 1. The fourth-order valence-electron chi connectivity index (χ4n) is 2.06. The Balaban J connectivity index is 2.27. The molecule has 0 saturated carbocycles. The molecule has 0 bridgehead atoms. The normalized spacial score (nSPS) is 11.0. The number of aliphatic carboxylic acids is 1. The maximum Gasteiger partial charge on any atom is 0.325 e. The number of hydrogen-bond acceptors (Lipinski definition) is 6. The summed E-state index contributed by atoms with van der Waals surface area (Å²) in [5.41, 5.74) is 2.33. The molecule has 0 radical (unpaired) electrons. The van der Waals surface area contributed by atoms with Crippen LogP contribution < -0.4 is 5.32 Å². The Kier molecular flexibility index (Phi) is 4.55. The number of aryl methyl sites for hydroxylation is 1. The quantitative estimate of drug-likeness (QED) is 0.868. The molecule has 8 nitrogen and oxygen atoms in total. The van der Waals surface area contributed by atoms with Gasteiger partial charge in [-0.15, -0.1) is 5.10 Å². The van der Waals surface area contributed by atoms with Gasteiger partial charge < -0.3 is 10.4 Å². The molecular weight excluding hydrogens is 306 g/mol. The van der Waals surface area contributed by atoms with Gasteiger partial charge in [0.25, 0.3) is 5.91 Å². The molecule has 0 aliphatic rings. The first-order chi connectivity index (χ1) is 10.3. The molecule has 22 heavy (non-hydrogen) atoms. The van der Waals surface area contributed by atoms with E-state index in [9.17, 15) is 9.59 Å². The van der Waals surface area contributed by atoms with Gasteiger partial charge in [-0.2, -0.15) is 5.10 Å². The van der Waals surface area contributed by atoms with Gasteiger partial charge in [-0.3, -0.25) is 14.3 Å². The number of aromatic nitrogens is 4. The summed E-state index contributed by atoms with van der Waals surface area (Å²) in [6, 6.07) is 0. The Morgan fingerprint density at radius 1 is 1.36 bits per heavy atom. The molecule has 0 aromatic carbocycles. The van der Waals surface area contributed by atoms with E-state index in [2.05, 4.69) is 20.0 Å². The number of rotatable bonds is 5. The van der Waals surface area contributed by atoms with Crippen LogP contribution in [0.25, 0.3) is 0 Å². The highest BCUT2D eigenvalue weighted by atomic mass is 32.1. The van der Waals surface area contributed by atoms with Crippen LogP contribution in [0, 0.1) is 13.8 Å². The van der Waals surface area contributed by atoms with Crippen LogP contribution in [-0.2, 0) is 11.3 Å². The number of carboxylic acid groups (broad SMARTS) is 1. The zero-order chi connectivity index (χ0) is 16.4. The molecule has 2 N–H and O–H groups in total. The third kappa shape index (κ3) is 3.14. The third-order valence-corrected chi connectivity index (χ3v) is 3.91. The minimum atomic E-state index is -0.989. The zero-order valence-corrected chi connectivity index (χ0v) is 13.6. The van der Waals surface area contributed by atoms with Crippen LogP contribution in [0.5, 0.6) is 0 Å². The molecular formula is C13H17N5O3S. The largest absolute Gasteiger partial charge is 0.480 e. The molecule has 0 atom stereocenters. The van der Waals surface area contributed by atoms with Crippen LogP contribution in [-0.4, -0.2) is 36.4 Å². The van der Waals surface area contributed by atoms with Gasteiger partial charge in [0.05, 0.1) is 22.8 Å². The van der Waals surface area contributed by atoms with E-state index in [0.29, 0.717) is 27.6 Å². The molecule has 2 aromatic heterocycles. The van der Waals surface area contributed by atoms with Crippen molar-refractivity contribution < 1.29 is 14.7 Å². The van der Waals surface area contributed by atoms with E-state index < -0.39 is 5.97 Å². The Bertz CT molecular complexity index is 719. The van der Waals surface area contributed by atoms with Gasteiger partial charge in [-0.1, -0.05) is 18.3 Å². The first kappa shape index (κ1) is 16.1. The number of hydrogen-bond donors (Lipinski definition) is 2. The van der Waals surface area contributed by atoms with Crippen molar-refractivity contribution in [2.75, 3.05) is 5.32 Å². The number of carbonyl (C=O) groups is 2. The average molecular weight is 323 g/mol. The van der Waals surface area contributed by atoms with Crippen molar-refractivity contribution >= 4 is 29.1 Å². The monoisotopic (exact) mass is 323 g/mol. The lowest BCUT2D eigenvalue weighted by molar-refractivity contribution is -0.137. The van der Waals surface area contributed by atoms with Gasteiger partial charge in [-0.25, -0.2) is 0 Å². The highest BCUT2D eigenvalue weighted by molar-refractivity contribution is 7.08. The van der Waals surface area contributed by atoms with Gasteiger partial charge in [0.15, 0.2) is 0 Å². The van der Waals surface area contributed by atoms with Crippen molar-refractivity contribution in [2.24, 2.45) is 0 Å². The second-order valence-electron chi connectivity index (χ2n) is 5.19. The molecule has 0 unspecified atom stereocenters. The second kappa shape index (κ2) is 6.22. The summed E-state index contributed by atoms with van der Waals surface area (Å²) in [6.07, 6.45) is 0. The van der Waals surface area contributed by atoms with E-state index in [1.807, 2.05) is 13.8 Å². The van der Waals surface area contributed by atoms with E-state index in [1.54, 1.807) is 13.8 Å². The first-order valence-electron chi connectivity index (χ1n) is 6.70. The summed E-state index contributed by atoms with van der Waals surface area (Å²) in [5, 5.41) is 19.8. The predicted molar refractivity (Wildman–Crippen MR) is 81.3 cm³/mol. The van der Waals surface area contributed by atoms with Gasteiger partial charge in [-0.05, 0) is 31.3 Å². The van der Waals surface area contributed by atoms with Crippen LogP contribution in [0.1, 0.15) is 46.5 Å². The number of carboxylic acids is 1. The van der Waals surface area contributed by atoms with E-state index in [0.717, 1.165) is 11.5 Å². The molecule has 9 heteroatoms. The standard InChI is InChI=1S/C13H17N5O3S/c1-6(2)10-12(22-17-15-10)13(21)14-11-7(3)16-18(8(11)4)5-9(19)20/h6H,5H2,1-4H3,(H,14,21)(H,19,20). The van der Waals surface area contributed by atoms with Crippen molar-refractivity contribution in [2.45, 2.75) is 40.2 Å². The second-order valence-corrected chi connectivity index (χ2v) is 5.95. The number of nitrogens with zero attached hydrogens (tertiary/aromatic N) is 4. The molecule has 2 aromatic rings. The van der Waals surface area contributed by atoms with Crippen molar-refractivity contribution in [1.82, 2.24) is 19.4 Å². The molecule has 0 spiro atoms. The minimum Gasteiger partial charge on any atom is -0.480 e. The Morgan fingerprint density at radius 3 is 2.64 bits per heavy atom. The molecule has 118 valence electrons. The van der Waals surface area contributed by atoms with Crippen LogP contribution in [0.3, 0.4) is 0 Å².